The molecule has 126 valence electrons. The average molecular weight is 324 g/mol. The van der Waals surface area contributed by atoms with Crippen molar-refractivity contribution in [2.75, 3.05) is 26.7 Å². The van der Waals surface area contributed by atoms with E-state index in [1.807, 2.05) is 53.4 Å². The standard InChI is InChI=1S/C20H24N2O2/c1-3-15-8-10-16(11-9-15)20(23)22-13-12-21-14-18(22)17-6-4-5-7-19(17)24-2/h4-11,18,21H,3,12-14H2,1-2H3. The summed E-state index contributed by atoms with van der Waals surface area (Å²) in [5.41, 5.74) is 3.04. The zero-order chi connectivity index (χ0) is 16.9. The average Bonchev–Trinajstić information content (AvgIpc) is 2.67. The van der Waals surface area contributed by atoms with Gasteiger partial charge in [0, 0.05) is 30.8 Å². The van der Waals surface area contributed by atoms with E-state index in [-0.39, 0.29) is 11.9 Å². The van der Waals surface area contributed by atoms with Crippen LogP contribution in [0.3, 0.4) is 0 Å². The molecule has 4 heteroatoms. The molecule has 0 aromatic heterocycles. The second-order valence-electron chi connectivity index (χ2n) is 6.01. The van der Waals surface area contributed by atoms with Crippen LogP contribution in [0.1, 0.15) is 34.5 Å². The van der Waals surface area contributed by atoms with Gasteiger partial charge in [-0.2, -0.15) is 0 Å². The summed E-state index contributed by atoms with van der Waals surface area (Å²) < 4.78 is 5.50. The maximum absolute atomic E-state index is 13.0. The number of aryl methyl sites for hydroxylation is 1. The Morgan fingerprint density at radius 3 is 2.67 bits per heavy atom. The fourth-order valence-corrected chi connectivity index (χ4v) is 3.22. The molecule has 0 radical (unpaired) electrons. The summed E-state index contributed by atoms with van der Waals surface area (Å²) in [5, 5.41) is 3.39. The zero-order valence-electron chi connectivity index (χ0n) is 14.3. The van der Waals surface area contributed by atoms with Crippen LogP contribution in [-0.2, 0) is 6.42 Å². The first-order chi connectivity index (χ1) is 11.7. The highest BCUT2D eigenvalue weighted by atomic mass is 16.5. The highest BCUT2D eigenvalue weighted by molar-refractivity contribution is 5.94. The second-order valence-corrected chi connectivity index (χ2v) is 6.01. The summed E-state index contributed by atoms with van der Waals surface area (Å²) in [7, 11) is 1.67. The lowest BCUT2D eigenvalue weighted by Crippen LogP contribution is -2.48. The van der Waals surface area contributed by atoms with Crippen LogP contribution in [0.25, 0.3) is 0 Å². The number of rotatable bonds is 4. The molecule has 1 fully saturated rings. The van der Waals surface area contributed by atoms with Gasteiger partial charge >= 0.3 is 0 Å². The van der Waals surface area contributed by atoms with E-state index in [1.165, 1.54) is 5.56 Å². The Hall–Kier alpha value is -2.33. The number of piperazine rings is 1. The van der Waals surface area contributed by atoms with Crippen LogP contribution < -0.4 is 10.1 Å². The van der Waals surface area contributed by atoms with E-state index in [2.05, 4.69) is 12.2 Å². The molecule has 1 saturated heterocycles. The van der Waals surface area contributed by atoms with Crippen LogP contribution in [0.2, 0.25) is 0 Å². The monoisotopic (exact) mass is 324 g/mol. The molecule has 2 aromatic rings. The third-order valence-electron chi connectivity index (χ3n) is 4.61. The molecule has 24 heavy (non-hydrogen) atoms. The van der Waals surface area contributed by atoms with Crippen LogP contribution in [0, 0.1) is 0 Å². The van der Waals surface area contributed by atoms with E-state index in [0.717, 1.165) is 36.4 Å². The Bertz CT molecular complexity index is 697. The van der Waals surface area contributed by atoms with Crippen LogP contribution >= 0.6 is 0 Å². The Morgan fingerprint density at radius 1 is 1.21 bits per heavy atom. The molecule has 2 aromatic carbocycles. The Morgan fingerprint density at radius 2 is 1.96 bits per heavy atom. The first-order valence-electron chi connectivity index (χ1n) is 8.48. The van der Waals surface area contributed by atoms with Crippen molar-refractivity contribution in [1.82, 2.24) is 10.2 Å². The van der Waals surface area contributed by atoms with Crippen molar-refractivity contribution in [3.05, 3.63) is 65.2 Å². The van der Waals surface area contributed by atoms with Crippen molar-refractivity contribution in [3.63, 3.8) is 0 Å². The van der Waals surface area contributed by atoms with Gasteiger partial charge in [0.05, 0.1) is 13.2 Å². The van der Waals surface area contributed by atoms with Crippen molar-refractivity contribution < 1.29 is 9.53 Å². The van der Waals surface area contributed by atoms with Gasteiger partial charge < -0.3 is 15.0 Å². The molecule has 0 saturated carbocycles. The SMILES string of the molecule is CCc1ccc(C(=O)N2CCNCC2c2ccccc2OC)cc1. The molecule has 0 spiro atoms. The van der Waals surface area contributed by atoms with Gasteiger partial charge in [0.2, 0.25) is 0 Å². The number of para-hydroxylation sites is 1. The van der Waals surface area contributed by atoms with E-state index in [0.29, 0.717) is 6.54 Å². The molecule has 1 atom stereocenters. The third-order valence-corrected chi connectivity index (χ3v) is 4.61. The van der Waals surface area contributed by atoms with Gasteiger partial charge in [0.25, 0.3) is 5.91 Å². The number of hydrogen-bond donors (Lipinski definition) is 1. The number of carbonyl (C=O) groups excluding carboxylic acids is 1. The van der Waals surface area contributed by atoms with E-state index < -0.39 is 0 Å². The van der Waals surface area contributed by atoms with Crippen molar-refractivity contribution in [2.24, 2.45) is 0 Å². The van der Waals surface area contributed by atoms with Gasteiger partial charge in [-0.15, -0.1) is 0 Å². The normalized spacial score (nSPS) is 17.6. The van der Waals surface area contributed by atoms with E-state index in [9.17, 15) is 4.79 Å². The molecular weight excluding hydrogens is 300 g/mol. The summed E-state index contributed by atoms with van der Waals surface area (Å²) in [4.78, 5) is 15.0. The number of methoxy groups -OCH3 is 1. The van der Waals surface area contributed by atoms with Crippen molar-refractivity contribution in [2.45, 2.75) is 19.4 Å². The van der Waals surface area contributed by atoms with Gasteiger partial charge in [-0.3, -0.25) is 4.79 Å². The lowest BCUT2D eigenvalue weighted by molar-refractivity contribution is 0.0631. The summed E-state index contributed by atoms with van der Waals surface area (Å²) in [6.07, 6.45) is 0.978. The first kappa shape index (κ1) is 16.5. The summed E-state index contributed by atoms with van der Waals surface area (Å²) in [5.74, 6) is 0.903. The summed E-state index contributed by atoms with van der Waals surface area (Å²) >= 11 is 0. The molecular formula is C20H24N2O2. The Balaban J connectivity index is 1.90. The lowest BCUT2D eigenvalue weighted by atomic mass is 10.0. The number of carbonyl (C=O) groups is 1. The van der Waals surface area contributed by atoms with E-state index >= 15 is 0 Å². The number of amides is 1. The number of nitrogens with one attached hydrogen (secondary N) is 1. The van der Waals surface area contributed by atoms with Crippen LogP contribution in [-0.4, -0.2) is 37.6 Å². The van der Waals surface area contributed by atoms with Crippen LogP contribution in [0.15, 0.2) is 48.5 Å². The largest absolute Gasteiger partial charge is 0.496 e. The van der Waals surface area contributed by atoms with Crippen LogP contribution in [0.5, 0.6) is 5.75 Å². The van der Waals surface area contributed by atoms with Crippen molar-refractivity contribution >= 4 is 5.91 Å². The molecule has 1 unspecified atom stereocenters. The van der Waals surface area contributed by atoms with Crippen molar-refractivity contribution in [3.8, 4) is 5.75 Å². The fraction of sp³-hybridized carbons (Fsp3) is 0.350. The minimum Gasteiger partial charge on any atom is -0.496 e. The second kappa shape index (κ2) is 7.49. The highest BCUT2D eigenvalue weighted by Crippen LogP contribution is 2.31. The molecule has 1 heterocycles. The number of benzene rings is 2. The molecule has 4 nitrogen and oxygen atoms in total. The minimum atomic E-state index is -0.0201. The quantitative estimate of drug-likeness (QED) is 0.940. The van der Waals surface area contributed by atoms with Gasteiger partial charge in [-0.1, -0.05) is 37.3 Å². The maximum Gasteiger partial charge on any atom is 0.254 e. The Labute approximate surface area is 143 Å². The number of hydrogen-bond acceptors (Lipinski definition) is 3. The molecule has 3 rings (SSSR count). The molecule has 0 aliphatic carbocycles. The smallest absolute Gasteiger partial charge is 0.254 e. The van der Waals surface area contributed by atoms with Crippen LogP contribution in [0.4, 0.5) is 0 Å². The first-order valence-corrected chi connectivity index (χ1v) is 8.48. The maximum atomic E-state index is 13.0. The molecule has 1 aliphatic heterocycles. The topological polar surface area (TPSA) is 41.6 Å². The number of ether oxygens (including phenoxy) is 1. The van der Waals surface area contributed by atoms with Gasteiger partial charge in [-0.25, -0.2) is 0 Å². The summed E-state index contributed by atoms with van der Waals surface area (Å²) in [6, 6.07) is 15.8. The molecule has 1 N–H and O–H groups in total. The fourth-order valence-electron chi connectivity index (χ4n) is 3.22. The third kappa shape index (κ3) is 3.29. The predicted octanol–water partition coefficient (Wildman–Crippen LogP) is 3.04. The highest BCUT2D eigenvalue weighted by Gasteiger charge is 2.30. The molecule has 1 amide bonds. The number of nitrogens with zero attached hydrogens (tertiary/aromatic N) is 1. The predicted molar refractivity (Wildman–Crippen MR) is 95.5 cm³/mol. The van der Waals surface area contributed by atoms with Gasteiger partial charge in [0.15, 0.2) is 0 Å². The Kier molecular flexibility index (Phi) is 5.16. The molecule has 1 aliphatic rings. The minimum absolute atomic E-state index is 0.0201. The lowest BCUT2D eigenvalue weighted by Gasteiger charge is -2.37. The molecule has 0 bridgehead atoms. The zero-order valence-corrected chi connectivity index (χ0v) is 14.3. The van der Waals surface area contributed by atoms with Gasteiger partial charge in [0.1, 0.15) is 5.75 Å². The van der Waals surface area contributed by atoms with Gasteiger partial charge in [-0.05, 0) is 30.2 Å². The van der Waals surface area contributed by atoms with E-state index in [1.54, 1.807) is 7.11 Å². The van der Waals surface area contributed by atoms with E-state index in [4.69, 9.17) is 4.74 Å². The van der Waals surface area contributed by atoms with Crippen molar-refractivity contribution in [1.29, 1.82) is 0 Å². The summed E-state index contributed by atoms with van der Waals surface area (Å²) in [6.45, 7) is 4.35.